The van der Waals surface area contributed by atoms with Gasteiger partial charge in [0.2, 0.25) is 0 Å². The first-order valence-corrected chi connectivity index (χ1v) is 6.23. The molecule has 0 aliphatic carbocycles. The molecule has 1 unspecified atom stereocenters. The molecule has 0 saturated carbocycles. The van der Waals surface area contributed by atoms with Crippen molar-refractivity contribution in [3.63, 3.8) is 0 Å². The second-order valence-electron chi connectivity index (χ2n) is 4.82. The standard InChI is InChI=1S/C14H14FN3O2/c1-7-8(2)18(3)17-12(7)9-4-5-11-10(6-9)16-14(19)13(15)20-11/h4-6,13H,1-3H3,(H,16,19). The highest BCUT2D eigenvalue weighted by molar-refractivity contribution is 5.97. The zero-order valence-corrected chi connectivity index (χ0v) is 11.4. The van der Waals surface area contributed by atoms with Crippen LogP contribution in [0.2, 0.25) is 0 Å². The number of hydrogen-bond donors (Lipinski definition) is 1. The van der Waals surface area contributed by atoms with E-state index in [0.717, 1.165) is 22.5 Å². The Morgan fingerprint density at radius 1 is 1.40 bits per heavy atom. The van der Waals surface area contributed by atoms with Crippen LogP contribution in [0, 0.1) is 13.8 Å². The highest BCUT2D eigenvalue weighted by Crippen LogP contribution is 2.35. The zero-order chi connectivity index (χ0) is 14.4. The molecule has 1 atom stereocenters. The van der Waals surface area contributed by atoms with Gasteiger partial charge in [-0.05, 0) is 37.6 Å². The molecule has 2 aromatic rings. The van der Waals surface area contributed by atoms with E-state index in [1.54, 1.807) is 22.9 Å². The Labute approximate surface area is 115 Å². The van der Waals surface area contributed by atoms with Gasteiger partial charge in [0.25, 0.3) is 5.91 Å². The van der Waals surface area contributed by atoms with E-state index in [4.69, 9.17) is 4.74 Å². The van der Waals surface area contributed by atoms with Crippen molar-refractivity contribution in [1.82, 2.24) is 9.78 Å². The fourth-order valence-corrected chi connectivity index (χ4v) is 2.22. The number of anilines is 1. The normalized spacial score (nSPS) is 17.4. The molecule has 1 aliphatic heterocycles. The Morgan fingerprint density at radius 2 is 2.15 bits per heavy atom. The number of alkyl halides is 1. The molecule has 5 nitrogen and oxygen atoms in total. The van der Waals surface area contributed by atoms with Crippen LogP contribution in [0.15, 0.2) is 18.2 Å². The summed E-state index contributed by atoms with van der Waals surface area (Å²) in [7, 11) is 1.88. The van der Waals surface area contributed by atoms with Gasteiger partial charge in [0.05, 0.1) is 11.4 Å². The maximum Gasteiger partial charge on any atom is 0.317 e. The van der Waals surface area contributed by atoms with Gasteiger partial charge in [-0.3, -0.25) is 9.48 Å². The summed E-state index contributed by atoms with van der Waals surface area (Å²) in [6, 6.07) is 5.19. The lowest BCUT2D eigenvalue weighted by Crippen LogP contribution is -2.33. The van der Waals surface area contributed by atoms with Crippen LogP contribution in [0.1, 0.15) is 11.3 Å². The molecule has 0 spiro atoms. The summed E-state index contributed by atoms with van der Waals surface area (Å²) in [6.45, 7) is 3.98. The van der Waals surface area contributed by atoms with E-state index in [0.29, 0.717) is 11.4 Å². The number of aryl methyl sites for hydroxylation is 1. The van der Waals surface area contributed by atoms with Gasteiger partial charge in [-0.25, -0.2) is 0 Å². The Morgan fingerprint density at radius 3 is 2.80 bits per heavy atom. The maximum atomic E-state index is 13.1. The van der Waals surface area contributed by atoms with Gasteiger partial charge < -0.3 is 10.1 Å². The molecule has 0 radical (unpaired) electrons. The quantitative estimate of drug-likeness (QED) is 0.869. The molecule has 1 amide bonds. The number of aromatic nitrogens is 2. The van der Waals surface area contributed by atoms with Crippen LogP contribution < -0.4 is 10.1 Å². The third kappa shape index (κ3) is 1.84. The minimum Gasteiger partial charge on any atom is -0.450 e. The fourth-order valence-electron chi connectivity index (χ4n) is 2.22. The van der Waals surface area contributed by atoms with Crippen LogP contribution in [0.5, 0.6) is 5.75 Å². The van der Waals surface area contributed by atoms with E-state index in [-0.39, 0.29) is 0 Å². The number of nitrogens with one attached hydrogen (secondary N) is 1. The first-order valence-electron chi connectivity index (χ1n) is 6.23. The van der Waals surface area contributed by atoms with Crippen LogP contribution in [0.3, 0.4) is 0 Å². The minimum atomic E-state index is -1.95. The largest absolute Gasteiger partial charge is 0.450 e. The molecule has 0 bridgehead atoms. The maximum absolute atomic E-state index is 13.1. The van der Waals surface area contributed by atoms with Crippen LogP contribution in [0.4, 0.5) is 10.1 Å². The Hall–Kier alpha value is -2.37. The third-order valence-electron chi connectivity index (χ3n) is 3.58. The topological polar surface area (TPSA) is 56.1 Å². The average Bonchev–Trinajstić information content (AvgIpc) is 2.67. The molecule has 1 aromatic heterocycles. The third-order valence-corrected chi connectivity index (χ3v) is 3.58. The molecule has 1 N–H and O–H groups in total. The van der Waals surface area contributed by atoms with Crippen molar-refractivity contribution < 1.29 is 13.9 Å². The van der Waals surface area contributed by atoms with E-state index in [9.17, 15) is 9.18 Å². The number of nitrogens with zero attached hydrogens (tertiary/aromatic N) is 2. The lowest BCUT2D eigenvalue weighted by Gasteiger charge is -2.21. The van der Waals surface area contributed by atoms with Gasteiger partial charge in [0.1, 0.15) is 5.75 Å². The lowest BCUT2D eigenvalue weighted by molar-refractivity contribution is -0.130. The van der Waals surface area contributed by atoms with Crippen LogP contribution >= 0.6 is 0 Å². The SMILES string of the molecule is Cc1c(-c2ccc3c(c2)NC(=O)C(F)O3)nn(C)c1C. The molecule has 6 heteroatoms. The van der Waals surface area contributed by atoms with Crippen molar-refractivity contribution in [2.45, 2.75) is 20.2 Å². The van der Waals surface area contributed by atoms with Crippen LogP contribution in [-0.2, 0) is 11.8 Å². The number of ether oxygens (including phenoxy) is 1. The number of amides is 1. The highest BCUT2D eigenvalue weighted by Gasteiger charge is 2.27. The summed E-state index contributed by atoms with van der Waals surface area (Å²) in [5, 5.41) is 6.94. The van der Waals surface area contributed by atoms with Gasteiger partial charge in [0.15, 0.2) is 0 Å². The number of halogens is 1. The van der Waals surface area contributed by atoms with E-state index >= 15 is 0 Å². The number of benzene rings is 1. The van der Waals surface area contributed by atoms with E-state index in [1.807, 2.05) is 20.9 Å². The Kier molecular flexibility index (Phi) is 2.74. The molecule has 20 heavy (non-hydrogen) atoms. The predicted octanol–water partition coefficient (Wildman–Crippen LogP) is 2.33. The zero-order valence-electron chi connectivity index (χ0n) is 11.4. The first-order chi connectivity index (χ1) is 9.47. The van der Waals surface area contributed by atoms with Gasteiger partial charge >= 0.3 is 6.36 Å². The Balaban J connectivity index is 2.07. The summed E-state index contributed by atoms with van der Waals surface area (Å²) in [4.78, 5) is 11.3. The van der Waals surface area contributed by atoms with E-state index < -0.39 is 12.3 Å². The number of carbonyl (C=O) groups excluding carboxylic acids is 1. The summed E-state index contributed by atoms with van der Waals surface area (Å²) < 4.78 is 19.8. The van der Waals surface area contributed by atoms with Crippen LogP contribution in [-0.4, -0.2) is 22.0 Å². The molecular weight excluding hydrogens is 261 g/mol. The van der Waals surface area contributed by atoms with Gasteiger partial charge in [-0.15, -0.1) is 0 Å². The van der Waals surface area contributed by atoms with Crippen molar-refractivity contribution >= 4 is 11.6 Å². The highest BCUT2D eigenvalue weighted by atomic mass is 19.1. The molecule has 2 heterocycles. The first kappa shape index (κ1) is 12.7. The molecule has 3 rings (SSSR count). The summed E-state index contributed by atoms with van der Waals surface area (Å²) in [5.41, 5.74) is 4.29. The summed E-state index contributed by atoms with van der Waals surface area (Å²) in [6.07, 6.45) is -1.95. The van der Waals surface area contributed by atoms with Crippen molar-refractivity contribution in [2.75, 3.05) is 5.32 Å². The number of fused-ring (bicyclic) bond motifs is 1. The van der Waals surface area contributed by atoms with Gasteiger partial charge in [0, 0.05) is 18.3 Å². The van der Waals surface area contributed by atoms with E-state index in [1.165, 1.54) is 0 Å². The van der Waals surface area contributed by atoms with Gasteiger partial charge in [-0.2, -0.15) is 9.49 Å². The van der Waals surface area contributed by atoms with Crippen molar-refractivity contribution in [2.24, 2.45) is 7.05 Å². The average molecular weight is 275 g/mol. The molecular formula is C14H14FN3O2. The number of hydrogen-bond acceptors (Lipinski definition) is 3. The molecule has 104 valence electrons. The lowest BCUT2D eigenvalue weighted by atomic mass is 10.1. The van der Waals surface area contributed by atoms with Crippen molar-refractivity contribution in [3.8, 4) is 17.0 Å². The monoisotopic (exact) mass is 275 g/mol. The van der Waals surface area contributed by atoms with Crippen molar-refractivity contribution in [3.05, 3.63) is 29.5 Å². The summed E-state index contributed by atoms with van der Waals surface area (Å²) >= 11 is 0. The second-order valence-corrected chi connectivity index (χ2v) is 4.82. The van der Waals surface area contributed by atoms with E-state index in [2.05, 4.69) is 10.4 Å². The second kappa shape index (κ2) is 4.33. The predicted molar refractivity (Wildman–Crippen MR) is 72.3 cm³/mol. The summed E-state index contributed by atoms with van der Waals surface area (Å²) in [5.74, 6) is -0.463. The minimum absolute atomic E-state index is 0.325. The smallest absolute Gasteiger partial charge is 0.317 e. The molecule has 1 aliphatic rings. The molecule has 0 fully saturated rings. The van der Waals surface area contributed by atoms with Gasteiger partial charge in [-0.1, -0.05) is 0 Å². The molecule has 0 saturated heterocycles. The Bertz CT molecular complexity index is 709. The van der Waals surface area contributed by atoms with Crippen LogP contribution in [0.25, 0.3) is 11.3 Å². The number of carbonyl (C=O) groups is 1. The van der Waals surface area contributed by atoms with Crippen molar-refractivity contribution in [1.29, 1.82) is 0 Å². The number of rotatable bonds is 1. The fraction of sp³-hybridized carbons (Fsp3) is 0.286. The molecule has 1 aromatic carbocycles.